The SMILES string of the molecule is CCCCCCCCn1c2cc3c(cc2c2cc4c(cc21)-c1sc(-c2ccc(/C=C5\C(=O)c6ccccc6C5=C(C#N)C#N)s2)cc1C4(c1ccc(CCCCCC)cc1)c1ccc(CCCCCC)cc1)C(c1ccc(CCCCCC)cc1)(c1ccc(CCCCCC)cc1)c1cc(-c2ccc(/C=C4\C(=O)c5ccccc5C4=C(C#N)C#N)s2)sc1-3. The summed E-state index contributed by atoms with van der Waals surface area (Å²) >= 11 is 7.00. The van der Waals surface area contributed by atoms with Crippen LogP contribution in [0.4, 0.5) is 0 Å². The Morgan fingerprint density at radius 2 is 0.642 bits per heavy atom. The number of Topliss-reactive ketones (excluding diaryl/α,β-unsaturated/α-hetero) is 2. The summed E-state index contributed by atoms with van der Waals surface area (Å²) in [6.45, 7) is 12.3. The zero-order valence-electron chi connectivity index (χ0n) is 71.6. The Balaban J connectivity index is 0.907. The number of carbonyl (C=O) groups excluding carboxylic acids is 2. The van der Waals surface area contributed by atoms with Crippen LogP contribution >= 0.6 is 45.3 Å². The number of hydrogen-bond acceptors (Lipinski definition) is 10. The third-order valence-electron chi connectivity index (χ3n) is 26.4. The van der Waals surface area contributed by atoms with E-state index >= 15 is 0 Å². The van der Waals surface area contributed by atoms with Crippen molar-refractivity contribution in [2.24, 2.45) is 0 Å². The van der Waals surface area contributed by atoms with Crippen molar-refractivity contribution in [1.82, 2.24) is 4.57 Å². The molecule has 5 aromatic heterocycles. The molecule has 0 saturated carbocycles. The Labute approximate surface area is 742 Å². The van der Waals surface area contributed by atoms with Gasteiger partial charge in [-0.1, -0.05) is 289 Å². The Hall–Kier alpha value is -11.4. The Morgan fingerprint density at radius 3 is 0.976 bits per heavy atom. The van der Waals surface area contributed by atoms with Crippen molar-refractivity contribution >= 4 is 102 Å². The number of aromatic nitrogens is 1. The molecule has 614 valence electrons. The van der Waals surface area contributed by atoms with Gasteiger partial charge in [-0.15, -0.1) is 45.3 Å². The van der Waals surface area contributed by atoms with Gasteiger partial charge in [0.15, 0.2) is 11.6 Å². The van der Waals surface area contributed by atoms with Gasteiger partial charge in [0.25, 0.3) is 0 Å². The molecule has 13 aromatic rings. The average Bonchev–Trinajstić information content (AvgIpc) is 1.51. The summed E-state index contributed by atoms with van der Waals surface area (Å²) in [6.07, 6.45) is 33.9. The first-order valence-corrected chi connectivity index (χ1v) is 48.5. The number of benzene rings is 8. The van der Waals surface area contributed by atoms with Crippen LogP contribution in [0.3, 0.4) is 0 Å². The number of nitrogens with zero attached hydrogens (tertiary/aromatic N) is 5. The summed E-state index contributed by atoms with van der Waals surface area (Å²) in [5.74, 6) is -0.372. The summed E-state index contributed by atoms with van der Waals surface area (Å²) in [6, 6.07) is 86.2. The number of hydrogen-bond donors (Lipinski definition) is 0. The number of fused-ring (bicyclic) bond motifs is 11. The lowest BCUT2D eigenvalue weighted by Crippen LogP contribution is -2.28. The molecule has 0 atom stereocenters. The number of aryl methyl sites for hydroxylation is 5. The van der Waals surface area contributed by atoms with E-state index < -0.39 is 10.8 Å². The van der Waals surface area contributed by atoms with Crippen molar-refractivity contribution in [3.63, 3.8) is 0 Å². The van der Waals surface area contributed by atoms with Crippen molar-refractivity contribution in [2.75, 3.05) is 0 Å². The lowest BCUT2D eigenvalue weighted by atomic mass is 9.67. The Morgan fingerprint density at radius 1 is 0.325 bits per heavy atom. The lowest BCUT2D eigenvalue weighted by Gasteiger charge is -2.34. The van der Waals surface area contributed by atoms with E-state index in [1.165, 1.54) is 212 Å². The van der Waals surface area contributed by atoms with Crippen LogP contribution in [0.25, 0.3) is 85.5 Å². The molecule has 7 nitrogen and oxygen atoms in total. The summed E-state index contributed by atoms with van der Waals surface area (Å²) in [4.78, 5) is 37.5. The standard InChI is InChI=1S/C112H105N5O2S4/c1-6-11-16-21-22-31-60-117-99-65-91-95(111(79-48-40-73(41-49-79)32-23-17-12-7-2,80-50-42-74(43-51-80)33-24-18-13-8-3)97-67-103(122-109(91)97)101-58-56-83(120-101)61-93-105(77(69-113)70-114)85-36-27-29-38-87(85)107(93)118)63-89(99)90-64-96-92(66-100(90)117)110-98(68-104(123-110)102-59-57-84(121-102)62-94-106(78(71-115)72-116)86-37-28-30-39-88(86)108(94)119)112(96,81-52-44-75(45-53-81)34-25-19-14-9-4)82-54-46-76(47-55-82)35-26-20-15-10-5/h27-30,36-59,61-68H,6-26,31-35,60H2,1-5H3/b93-61-,94-62-. The van der Waals surface area contributed by atoms with Crippen molar-refractivity contribution in [1.29, 1.82) is 21.0 Å². The van der Waals surface area contributed by atoms with E-state index in [4.69, 9.17) is 0 Å². The second-order valence-corrected chi connectivity index (χ2v) is 38.5. The molecular formula is C112H105N5O2S4. The minimum Gasteiger partial charge on any atom is -0.340 e. The van der Waals surface area contributed by atoms with Crippen LogP contribution in [0, 0.1) is 45.3 Å². The van der Waals surface area contributed by atoms with Gasteiger partial charge in [0.1, 0.15) is 35.4 Å². The van der Waals surface area contributed by atoms with Crippen LogP contribution in [-0.2, 0) is 43.1 Å². The van der Waals surface area contributed by atoms with Gasteiger partial charge in [-0.25, -0.2) is 0 Å². The summed E-state index contributed by atoms with van der Waals surface area (Å²) < 4.78 is 2.71. The molecule has 0 amide bonds. The third-order valence-corrected chi connectivity index (χ3v) is 31.2. The topological polar surface area (TPSA) is 134 Å². The monoisotopic (exact) mass is 1680 g/mol. The fourth-order valence-electron chi connectivity index (χ4n) is 20.1. The number of thiophene rings is 4. The van der Waals surface area contributed by atoms with Gasteiger partial charge in [-0.2, -0.15) is 21.0 Å². The molecule has 0 aliphatic heterocycles. The first-order chi connectivity index (χ1) is 60.4. The summed E-state index contributed by atoms with van der Waals surface area (Å²) in [7, 11) is 0. The van der Waals surface area contributed by atoms with E-state index in [0.717, 1.165) is 100 Å². The molecular weight excluding hydrogens is 1580 g/mol. The molecule has 0 saturated heterocycles. The fourth-order valence-corrected chi connectivity index (χ4v) is 24.7. The van der Waals surface area contributed by atoms with Gasteiger partial charge in [-0.05, 0) is 220 Å². The fraction of sp³-hybridized carbons (Fsp3) is 0.304. The molecule has 0 unspecified atom stereocenters. The van der Waals surface area contributed by atoms with Crippen molar-refractivity contribution in [2.45, 2.75) is 219 Å². The summed E-state index contributed by atoms with van der Waals surface area (Å²) in [5.41, 5.74) is 22.5. The van der Waals surface area contributed by atoms with Gasteiger partial charge >= 0.3 is 0 Å². The maximum atomic E-state index is 14.4. The Kier molecular flexibility index (Phi) is 25.5. The zero-order chi connectivity index (χ0) is 84.7. The number of nitriles is 4. The maximum absolute atomic E-state index is 14.4. The smallest absolute Gasteiger partial charge is 0.194 e. The molecule has 8 aromatic carbocycles. The quantitative estimate of drug-likeness (QED) is 0.0221. The highest BCUT2D eigenvalue weighted by molar-refractivity contribution is 7.25. The van der Waals surface area contributed by atoms with Crippen LogP contribution < -0.4 is 0 Å². The lowest BCUT2D eigenvalue weighted by molar-refractivity contribution is 0.103. The van der Waals surface area contributed by atoms with E-state index in [1.807, 2.05) is 71.2 Å². The number of carbonyl (C=O) groups is 2. The number of ketones is 2. The molecule has 123 heavy (non-hydrogen) atoms. The summed E-state index contributed by atoms with van der Waals surface area (Å²) in [5, 5.41) is 43.9. The van der Waals surface area contributed by atoms with Crippen LogP contribution in [0.2, 0.25) is 0 Å². The predicted octanol–water partition coefficient (Wildman–Crippen LogP) is 31.1. The zero-order valence-corrected chi connectivity index (χ0v) is 74.8. The molecule has 0 spiro atoms. The van der Waals surface area contributed by atoms with E-state index in [0.29, 0.717) is 44.5 Å². The second kappa shape index (κ2) is 37.4. The minimum atomic E-state index is -0.764. The maximum Gasteiger partial charge on any atom is 0.194 e. The molecule has 4 aliphatic carbocycles. The highest BCUT2D eigenvalue weighted by atomic mass is 32.1. The van der Waals surface area contributed by atoms with Crippen LogP contribution in [0.15, 0.2) is 229 Å². The molecule has 11 heteroatoms. The first kappa shape index (κ1) is 83.9. The molecule has 17 rings (SSSR count). The highest BCUT2D eigenvalue weighted by Crippen LogP contribution is 2.64. The minimum absolute atomic E-state index is 0.0720. The van der Waals surface area contributed by atoms with Crippen LogP contribution in [-0.4, -0.2) is 16.1 Å². The van der Waals surface area contributed by atoms with E-state index in [1.54, 1.807) is 34.8 Å². The highest BCUT2D eigenvalue weighted by Gasteiger charge is 2.51. The van der Waals surface area contributed by atoms with Gasteiger partial charge in [0.2, 0.25) is 0 Å². The normalized spacial score (nSPS) is 14.4. The largest absolute Gasteiger partial charge is 0.340 e. The first-order valence-electron chi connectivity index (χ1n) is 45.3. The van der Waals surface area contributed by atoms with Crippen LogP contribution in [0.1, 0.15) is 284 Å². The molecule has 0 bridgehead atoms. The predicted molar refractivity (Wildman–Crippen MR) is 515 cm³/mol. The van der Waals surface area contributed by atoms with Gasteiger partial charge in [-0.3, -0.25) is 9.59 Å². The molecule has 0 radical (unpaired) electrons. The number of allylic oxidation sites excluding steroid dienone is 6. The Bertz CT molecular complexity index is 5970. The van der Waals surface area contributed by atoms with Crippen LogP contribution in [0.5, 0.6) is 0 Å². The van der Waals surface area contributed by atoms with E-state index in [2.05, 4.69) is 221 Å². The van der Waals surface area contributed by atoms with E-state index in [9.17, 15) is 30.6 Å². The number of unbranched alkanes of at least 4 members (excludes halogenated alkanes) is 17. The van der Waals surface area contributed by atoms with Gasteiger partial charge < -0.3 is 4.57 Å². The van der Waals surface area contributed by atoms with Crippen molar-refractivity contribution in [3.05, 3.63) is 327 Å². The third kappa shape index (κ3) is 15.7. The molecule has 0 fully saturated rings. The molecule has 4 aliphatic rings. The van der Waals surface area contributed by atoms with E-state index in [-0.39, 0.29) is 22.7 Å². The van der Waals surface area contributed by atoms with Gasteiger partial charge in [0.05, 0.1) is 10.8 Å². The molecule has 5 heterocycles. The van der Waals surface area contributed by atoms with Crippen molar-refractivity contribution in [3.8, 4) is 64.7 Å². The van der Waals surface area contributed by atoms with Gasteiger partial charge in [0, 0.05) is 101 Å². The van der Waals surface area contributed by atoms with Crippen molar-refractivity contribution < 1.29 is 9.59 Å². The molecule has 0 N–H and O–H groups in total. The average molecular weight is 1680 g/mol. The number of rotatable bonds is 35. The second-order valence-electron chi connectivity index (χ2n) is 34.2.